The topological polar surface area (TPSA) is 94.3 Å². The first-order valence-electron chi connectivity index (χ1n) is 20.5. The summed E-state index contributed by atoms with van der Waals surface area (Å²) in [5.74, 6) is 2.76. The zero-order valence-electron chi connectivity index (χ0n) is 37.9. The molecule has 0 aliphatic heterocycles. The summed E-state index contributed by atoms with van der Waals surface area (Å²) in [4.78, 5) is 0. The van der Waals surface area contributed by atoms with Crippen molar-refractivity contribution in [3.05, 3.63) is 117 Å². The van der Waals surface area contributed by atoms with Gasteiger partial charge in [0.2, 0.25) is 0 Å². The summed E-state index contributed by atoms with van der Waals surface area (Å²) >= 11 is 0. The first-order chi connectivity index (χ1) is 25.8. The SMILES string of the molecule is CC(C)CCOc1ccccc1[N-]c1cc(C(C)(C)C)cc(C(C)(C)C)c1[NH-].CC(C)CCOc1ccccc1[N-]c1cc(C(C)(C)C)cc(C(C)(C)C)c1[NH-].[Ni]. The van der Waals surface area contributed by atoms with E-state index in [1.54, 1.807) is 0 Å². The van der Waals surface area contributed by atoms with Gasteiger partial charge in [0.15, 0.2) is 0 Å². The smallest absolute Gasteiger partial charge is 0.104 e. The Morgan fingerprint density at radius 3 is 1.07 bits per heavy atom. The Balaban J connectivity index is 0.000000387. The van der Waals surface area contributed by atoms with Gasteiger partial charge in [-0.15, -0.1) is 0 Å². The number of benzene rings is 4. The average molecular weight is 820 g/mol. The zero-order valence-corrected chi connectivity index (χ0v) is 38.9. The molecule has 0 aromatic heterocycles. The van der Waals surface area contributed by atoms with E-state index < -0.39 is 0 Å². The minimum absolute atomic E-state index is 0. The van der Waals surface area contributed by atoms with Gasteiger partial charge in [0.05, 0.1) is 13.2 Å². The van der Waals surface area contributed by atoms with Crippen molar-refractivity contribution in [2.45, 2.75) is 145 Å². The maximum atomic E-state index is 8.78. The van der Waals surface area contributed by atoms with Crippen LogP contribution in [0.5, 0.6) is 11.5 Å². The summed E-state index contributed by atoms with van der Waals surface area (Å²) in [7, 11) is 0. The quantitative estimate of drug-likeness (QED) is 0.133. The Labute approximate surface area is 357 Å². The molecule has 318 valence electrons. The van der Waals surface area contributed by atoms with Crippen LogP contribution in [0.25, 0.3) is 22.1 Å². The van der Waals surface area contributed by atoms with E-state index in [4.69, 9.17) is 31.6 Å². The summed E-state index contributed by atoms with van der Waals surface area (Å²) in [5, 5.41) is 9.75. The normalized spacial score (nSPS) is 12.1. The summed E-state index contributed by atoms with van der Waals surface area (Å²) in [5.41, 5.74) is 25.7. The van der Waals surface area contributed by atoms with E-state index in [2.05, 4.69) is 135 Å². The van der Waals surface area contributed by atoms with E-state index in [-0.39, 0.29) is 38.2 Å². The van der Waals surface area contributed by atoms with Gasteiger partial charge >= 0.3 is 0 Å². The van der Waals surface area contributed by atoms with Crippen molar-refractivity contribution in [1.82, 2.24) is 0 Å². The Kier molecular flexibility index (Phi) is 17.5. The number of hydrogen-bond donors (Lipinski definition) is 0. The predicted molar refractivity (Wildman–Crippen MR) is 244 cm³/mol. The van der Waals surface area contributed by atoms with Crippen molar-refractivity contribution in [2.24, 2.45) is 11.8 Å². The van der Waals surface area contributed by atoms with Gasteiger partial charge in [-0.05, 0) is 69.6 Å². The largest absolute Gasteiger partial charge is 0.699 e. The van der Waals surface area contributed by atoms with Crippen LogP contribution in [-0.2, 0) is 38.2 Å². The molecule has 0 heterocycles. The number of ether oxygens (including phenoxy) is 2. The standard InChI is InChI=1S/2C25H36N2O.Ni/c2*1-17(2)13-14-28-22-12-10-9-11-20(22)27-21-16-18(24(3,4)5)15-19(23(21)26)25(6,7)8;/h2*9-12,15-17,26H,13-14H2,1-8H3;/q2*-2;. The van der Waals surface area contributed by atoms with Crippen LogP contribution in [0.4, 0.5) is 34.1 Å². The van der Waals surface area contributed by atoms with E-state index in [0.717, 1.165) is 46.8 Å². The third kappa shape index (κ3) is 14.8. The molecule has 0 bridgehead atoms. The molecule has 0 aliphatic rings. The van der Waals surface area contributed by atoms with Crippen LogP contribution >= 0.6 is 0 Å². The summed E-state index contributed by atoms with van der Waals surface area (Å²) < 4.78 is 12.0. The molecular weight excluding hydrogens is 747 g/mol. The Hall–Kier alpha value is -3.83. The molecule has 7 heteroatoms. The van der Waals surface area contributed by atoms with Gasteiger partial charge in [-0.25, -0.2) is 0 Å². The van der Waals surface area contributed by atoms with Gasteiger partial charge < -0.3 is 31.6 Å². The van der Waals surface area contributed by atoms with Crippen LogP contribution in [-0.4, -0.2) is 13.2 Å². The maximum Gasteiger partial charge on any atom is 0.104 e. The number of hydrogen-bond acceptors (Lipinski definition) is 2. The number of nitrogens with zero attached hydrogens (tertiary/aromatic N) is 2. The first kappa shape index (κ1) is 49.3. The monoisotopic (exact) mass is 819 g/mol. The van der Waals surface area contributed by atoms with Crippen molar-refractivity contribution >= 4 is 34.1 Å². The van der Waals surface area contributed by atoms with E-state index in [0.29, 0.717) is 47.8 Å². The first-order valence-corrected chi connectivity index (χ1v) is 20.5. The fourth-order valence-corrected chi connectivity index (χ4v) is 5.89. The molecule has 0 fully saturated rings. The van der Waals surface area contributed by atoms with E-state index in [1.807, 2.05) is 48.5 Å². The van der Waals surface area contributed by atoms with Crippen LogP contribution in [0.1, 0.15) is 146 Å². The molecule has 0 saturated heterocycles. The molecule has 4 aromatic carbocycles. The molecule has 0 unspecified atom stereocenters. The third-order valence-electron chi connectivity index (χ3n) is 9.70. The Morgan fingerprint density at radius 1 is 0.474 bits per heavy atom. The van der Waals surface area contributed by atoms with E-state index >= 15 is 0 Å². The van der Waals surface area contributed by atoms with Crippen LogP contribution in [0, 0.1) is 11.8 Å². The number of para-hydroxylation sites is 4. The number of rotatable bonds is 12. The fourth-order valence-electron chi connectivity index (χ4n) is 5.89. The van der Waals surface area contributed by atoms with Crippen molar-refractivity contribution < 1.29 is 26.0 Å². The second-order valence-electron chi connectivity index (χ2n) is 20.1. The Morgan fingerprint density at radius 2 is 0.789 bits per heavy atom. The molecule has 2 N–H and O–H groups in total. The van der Waals surface area contributed by atoms with Gasteiger partial charge in [-0.1, -0.05) is 194 Å². The van der Waals surface area contributed by atoms with Gasteiger partial charge in [0.1, 0.15) is 11.5 Å². The summed E-state index contributed by atoms with van der Waals surface area (Å²) in [6.07, 6.45) is 2.01. The zero-order chi connectivity index (χ0) is 42.2. The van der Waals surface area contributed by atoms with E-state index in [1.165, 1.54) is 11.1 Å². The van der Waals surface area contributed by atoms with Crippen LogP contribution < -0.4 is 9.47 Å². The van der Waals surface area contributed by atoms with Crippen molar-refractivity contribution in [2.75, 3.05) is 13.2 Å². The molecule has 0 atom stereocenters. The van der Waals surface area contributed by atoms with Crippen LogP contribution in [0.15, 0.2) is 72.8 Å². The van der Waals surface area contributed by atoms with Gasteiger partial charge in [-0.3, -0.25) is 0 Å². The van der Waals surface area contributed by atoms with E-state index in [9.17, 15) is 0 Å². The molecule has 0 amide bonds. The number of nitrogens with one attached hydrogen (secondary N) is 2. The maximum absolute atomic E-state index is 8.78. The molecule has 4 rings (SSSR count). The summed E-state index contributed by atoms with van der Waals surface area (Å²) in [6.45, 7) is 36.2. The molecule has 0 aliphatic carbocycles. The molecule has 0 saturated carbocycles. The fraction of sp³-hybridized carbons (Fsp3) is 0.520. The van der Waals surface area contributed by atoms with Crippen molar-refractivity contribution in [1.29, 1.82) is 0 Å². The Bertz CT molecular complexity index is 1730. The molecule has 6 nitrogen and oxygen atoms in total. The minimum Gasteiger partial charge on any atom is -0.699 e. The third-order valence-corrected chi connectivity index (χ3v) is 9.70. The molecule has 0 radical (unpaired) electrons. The molecule has 57 heavy (non-hydrogen) atoms. The second-order valence-corrected chi connectivity index (χ2v) is 20.1. The van der Waals surface area contributed by atoms with Crippen molar-refractivity contribution in [3.63, 3.8) is 0 Å². The van der Waals surface area contributed by atoms with Crippen molar-refractivity contribution in [3.8, 4) is 11.5 Å². The molecular formula is C50H72N4NiO2-4. The molecule has 4 aromatic rings. The van der Waals surface area contributed by atoms with Crippen LogP contribution in [0.3, 0.4) is 0 Å². The summed E-state index contributed by atoms with van der Waals surface area (Å²) in [6, 6.07) is 24.2. The van der Waals surface area contributed by atoms with Crippen LogP contribution in [0.2, 0.25) is 0 Å². The van der Waals surface area contributed by atoms with Gasteiger partial charge in [0, 0.05) is 16.5 Å². The van der Waals surface area contributed by atoms with Gasteiger partial charge in [0.25, 0.3) is 0 Å². The second kappa shape index (κ2) is 20.2. The predicted octanol–water partition coefficient (Wildman–Crippen LogP) is 17.5. The molecule has 0 spiro atoms. The average Bonchev–Trinajstić information content (AvgIpc) is 3.06. The minimum atomic E-state index is -0.115. The van der Waals surface area contributed by atoms with Gasteiger partial charge in [-0.2, -0.15) is 22.7 Å².